The van der Waals surface area contributed by atoms with E-state index in [-0.39, 0.29) is 13.2 Å². The maximum Gasteiger partial charge on any atom is 0.362 e. The molecule has 0 aliphatic heterocycles. The van der Waals surface area contributed by atoms with Gasteiger partial charge in [-0.1, -0.05) is 12.1 Å². The van der Waals surface area contributed by atoms with Crippen LogP contribution in [0.25, 0.3) is 33.3 Å². The van der Waals surface area contributed by atoms with Crippen LogP contribution in [0.4, 0.5) is 0 Å². The van der Waals surface area contributed by atoms with Gasteiger partial charge in [0.05, 0.1) is 20.3 Å². The third-order valence-electron chi connectivity index (χ3n) is 5.31. The monoisotopic (exact) mass is 463 g/mol. The molecule has 176 valence electrons. The summed E-state index contributed by atoms with van der Waals surface area (Å²) in [5, 5.41) is 1.74. The molecule has 34 heavy (non-hydrogen) atoms. The number of nitrogens with zero attached hydrogens (tertiary/aromatic N) is 1. The Labute approximate surface area is 196 Å². The maximum absolute atomic E-state index is 12.5. The van der Waals surface area contributed by atoms with Crippen molar-refractivity contribution in [3.63, 3.8) is 0 Å². The molecule has 4 aromatic rings. The van der Waals surface area contributed by atoms with E-state index >= 15 is 0 Å². The molecule has 8 heteroatoms. The number of hydrogen-bond acceptors (Lipinski definition) is 8. The lowest BCUT2D eigenvalue weighted by Gasteiger charge is -2.26. The Morgan fingerprint density at radius 1 is 0.882 bits per heavy atom. The van der Waals surface area contributed by atoms with Crippen LogP contribution in [-0.2, 0) is 19.1 Å². The van der Waals surface area contributed by atoms with Gasteiger partial charge in [0.15, 0.2) is 5.58 Å². The zero-order chi connectivity index (χ0) is 24.3. The SMILES string of the molecule is CCOC(=O)C(C)(Oc1ccc2cc(-c3nc4ccc(OC)cc4o3)ccc2c1)C(=O)OCC. The Morgan fingerprint density at radius 2 is 1.53 bits per heavy atom. The van der Waals surface area contributed by atoms with Gasteiger partial charge in [0.2, 0.25) is 5.89 Å². The molecule has 0 aliphatic carbocycles. The molecule has 3 aromatic carbocycles. The highest BCUT2D eigenvalue weighted by molar-refractivity contribution is 6.03. The number of fused-ring (bicyclic) bond motifs is 2. The van der Waals surface area contributed by atoms with Gasteiger partial charge < -0.3 is 23.4 Å². The Hall–Kier alpha value is -4.07. The minimum Gasteiger partial charge on any atom is -0.497 e. The second-order valence-electron chi connectivity index (χ2n) is 7.65. The van der Waals surface area contributed by atoms with E-state index in [1.165, 1.54) is 6.92 Å². The first-order chi connectivity index (χ1) is 16.4. The fourth-order valence-corrected chi connectivity index (χ4v) is 3.52. The lowest BCUT2D eigenvalue weighted by Crippen LogP contribution is -2.51. The summed E-state index contributed by atoms with van der Waals surface area (Å²) in [5.41, 5.74) is 0.255. The lowest BCUT2D eigenvalue weighted by atomic mass is 10.1. The molecule has 0 saturated carbocycles. The molecule has 0 spiro atoms. The second kappa shape index (κ2) is 9.43. The lowest BCUT2D eigenvalue weighted by molar-refractivity contribution is -0.177. The third kappa shape index (κ3) is 4.39. The van der Waals surface area contributed by atoms with Crippen molar-refractivity contribution in [2.24, 2.45) is 0 Å². The minimum atomic E-state index is -1.92. The topological polar surface area (TPSA) is 97.1 Å². The van der Waals surface area contributed by atoms with E-state index in [0.29, 0.717) is 23.0 Å². The number of rotatable bonds is 8. The van der Waals surface area contributed by atoms with E-state index < -0.39 is 17.5 Å². The number of aromatic nitrogens is 1. The van der Waals surface area contributed by atoms with Crippen molar-refractivity contribution in [2.75, 3.05) is 20.3 Å². The number of oxazole rings is 1. The molecular weight excluding hydrogens is 438 g/mol. The predicted molar refractivity (Wildman–Crippen MR) is 126 cm³/mol. The number of benzene rings is 3. The van der Waals surface area contributed by atoms with Crippen LogP contribution in [-0.4, -0.2) is 42.8 Å². The summed E-state index contributed by atoms with van der Waals surface area (Å²) in [4.78, 5) is 29.5. The van der Waals surface area contributed by atoms with E-state index in [0.717, 1.165) is 21.9 Å². The second-order valence-corrected chi connectivity index (χ2v) is 7.65. The van der Waals surface area contributed by atoms with Crippen molar-refractivity contribution in [3.8, 4) is 23.0 Å². The summed E-state index contributed by atoms with van der Waals surface area (Å²) in [6.07, 6.45) is 0. The maximum atomic E-state index is 12.5. The number of esters is 2. The highest BCUT2D eigenvalue weighted by atomic mass is 16.6. The number of ether oxygens (including phenoxy) is 4. The van der Waals surface area contributed by atoms with Crippen LogP contribution in [0, 0.1) is 0 Å². The van der Waals surface area contributed by atoms with Crippen molar-refractivity contribution in [1.29, 1.82) is 0 Å². The average Bonchev–Trinajstić information content (AvgIpc) is 3.27. The van der Waals surface area contributed by atoms with Gasteiger partial charge in [-0.05, 0) is 67.9 Å². The van der Waals surface area contributed by atoms with E-state index in [1.54, 1.807) is 39.2 Å². The van der Waals surface area contributed by atoms with Gasteiger partial charge >= 0.3 is 11.9 Å². The molecule has 0 aliphatic rings. The minimum absolute atomic E-state index is 0.111. The van der Waals surface area contributed by atoms with Crippen LogP contribution in [0.2, 0.25) is 0 Å². The first-order valence-electron chi connectivity index (χ1n) is 10.9. The van der Waals surface area contributed by atoms with Gasteiger partial charge in [-0.15, -0.1) is 0 Å². The van der Waals surface area contributed by atoms with Crippen LogP contribution in [0.1, 0.15) is 20.8 Å². The molecule has 0 fully saturated rings. The molecule has 1 heterocycles. The van der Waals surface area contributed by atoms with Crippen molar-refractivity contribution in [3.05, 3.63) is 54.6 Å². The van der Waals surface area contributed by atoms with Gasteiger partial charge in [-0.3, -0.25) is 0 Å². The third-order valence-corrected chi connectivity index (χ3v) is 5.31. The zero-order valence-electron chi connectivity index (χ0n) is 19.4. The van der Waals surface area contributed by atoms with Gasteiger partial charge in [-0.25, -0.2) is 14.6 Å². The van der Waals surface area contributed by atoms with E-state index in [9.17, 15) is 9.59 Å². The van der Waals surface area contributed by atoms with Crippen molar-refractivity contribution in [1.82, 2.24) is 4.98 Å². The van der Waals surface area contributed by atoms with Crippen LogP contribution in [0.3, 0.4) is 0 Å². The van der Waals surface area contributed by atoms with E-state index in [1.807, 2.05) is 36.4 Å². The van der Waals surface area contributed by atoms with Gasteiger partial charge in [0.1, 0.15) is 17.0 Å². The first-order valence-corrected chi connectivity index (χ1v) is 10.9. The highest BCUT2D eigenvalue weighted by Gasteiger charge is 2.47. The molecule has 0 radical (unpaired) electrons. The molecule has 4 rings (SSSR count). The Morgan fingerprint density at radius 3 is 2.21 bits per heavy atom. The number of methoxy groups -OCH3 is 1. The van der Waals surface area contributed by atoms with Crippen molar-refractivity contribution in [2.45, 2.75) is 26.4 Å². The van der Waals surface area contributed by atoms with Crippen molar-refractivity contribution < 1.29 is 33.0 Å². The van der Waals surface area contributed by atoms with Crippen LogP contribution >= 0.6 is 0 Å². The number of hydrogen-bond donors (Lipinski definition) is 0. The van der Waals surface area contributed by atoms with Crippen molar-refractivity contribution >= 4 is 33.8 Å². The average molecular weight is 463 g/mol. The van der Waals surface area contributed by atoms with E-state index in [2.05, 4.69) is 4.98 Å². The normalized spacial score (nSPS) is 11.4. The van der Waals surface area contributed by atoms with Crippen LogP contribution in [0.5, 0.6) is 11.5 Å². The van der Waals surface area contributed by atoms with E-state index in [4.69, 9.17) is 23.4 Å². The molecule has 0 bridgehead atoms. The molecular formula is C26H25NO7. The summed E-state index contributed by atoms with van der Waals surface area (Å²) in [6, 6.07) is 16.4. The summed E-state index contributed by atoms with van der Waals surface area (Å²) in [5.74, 6) is -0.104. The summed E-state index contributed by atoms with van der Waals surface area (Å²) < 4.78 is 27.1. The highest BCUT2D eigenvalue weighted by Crippen LogP contribution is 2.31. The quantitative estimate of drug-likeness (QED) is 0.268. The number of carbonyl (C=O) groups excluding carboxylic acids is 2. The van der Waals surface area contributed by atoms with Gasteiger partial charge in [-0.2, -0.15) is 0 Å². The van der Waals surface area contributed by atoms with Gasteiger partial charge in [0.25, 0.3) is 5.60 Å². The molecule has 0 saturated heterocycles. The number of carbonyl (C=O) groups is 2. The molecule has 0 N–H and O–H groups in total. The molecule has 8 nitrogen and oxygen atoms in total. The summed E-state index contributed by atoms with van der Waals surface area (Å²) >= 11 is 0. The van der Waals surface area contributed by atoms with Crippen LogP contribution < -0.4 is 9.47 Å². The molecule has 1 aromatic heterocycles. The first kappa shape index (κ1) is 23.1. The fourth-order valence-electron chi connectivity index (χ4n) is 3.52. The zero-order valence-corrected chi connectivity index (χ0v) is 19.4. The standard InChI is InChI=1S/C26H25NO7/c1-5-31-24(28)26(3,25(29)32-6-2)34-20-10-9-16-13-18(8-7-17(16)14-20)23-27-21-12-11-19(30-4)15-22(21)33-23/h7-15H,5-6H2,1-4H3. The molecule has 0 atom stereocenters. The Balaban J connectivity index is 1.64. The predicted octanol–water partition coefficient (Wildman–Crippen LogP) is 4.92. The van der Waals surface area contributed by atoms with Gasteiger partial charge in [0, 0.05) is 11.6 Å². The van der Waals surface area contributed by atoms with Crippen LogP contribution in [0.15, 0.2) is 59.0 Å². The Bertz CT molecular complexity index is 1340. The molecule has 0 unspecified atom stereocenters. The fraction of sp³-hybridized carbons (Fsp3) is 0.269. The Kier molecular flexibility index (Phi) is 6.40. The smallest absolute Gasteiger partial charge is 0.362 e. The largest absolute Gasteiger partial charge is 0.497 e. The summed E-state index contributed by atoms with van der Waals surface area (Å²) in [6.45, 7) is 4.88. The summed E-state index contributed by atoms with van der Waals surface area (Å²) in [7, 11) is 1.60. The molecule has 0 amide bonds.